The number of benzene rings is 2. The summed E-state index contributed by atoms with van der Waals surface area (Å²) in [5.41, 5.74) is 1.70. The van der Waals surface area contributed by atoms with Crippen LogP contribution in [0.4, 0.5) is 0 Å². The maximum atomic E-state index is 12.2. The second-order valence-electron chi connectivity index (χ2n) is 6.33. The molecule has 0 fully saturated rings. The summed E-state index contributed by atoms with van der Waals surface area (Å²) < 4.78 is 24.5. The zero-order valence-corrected chi connectivity index (χ0v) is 17.7. The monoisotopic (exact) mass is 443 g/mol. The van der Waals surface area contributed by atoms with E-state index in [-0.39, 0.29) is 23.1 Å². The summed E-state index contributed by atoms with van der Waals surface area (Å²) in [6.45, 7) is 4.58. The molecule has 3 rings (SSSR count). The van der Waals surface area contributed by atoms with Crippen molar-refractivity contribution in [2.75, 3.05) is 5.75 Å². The van der Waals surface area contributed by atoms with E-state index in [1.807, 2.05) is 34.9 Å². The fraction of sp³-hybridized carbons (Fsp3) is 0.150. The van der Waals surface area contributed by atoms with Gasteiger partial charge in [-0.2, -0.15) is 0 Å². The summed E-state index contributed by atoms with van der Waals surface area (Å²) in [5, 5.41) is 17.0. The number of thioether (sulfide) groups is 1. The first-order valence-electron chi connectivity index (χ1n) is 8.99. The first-order chi connectivity index (χ1) is 14.4. The number of sulfonamides is 1. The van der Waals surface area contributed by atoms with Crippen LogP contribution < -0.4 is 10.5 Å². The lowest BCUT2D eigenvalue weighted by Crippen LogP contribution is -2.24. The van der Waals surface area contributed by atoms with Crippen LogP contribution in [0.1, 0.15) is 5.56 Å². The van der Waals surface area contributed by atoms with E-state index in [0.717, 1.165) is 11.1 Å². The number of carbonyl (C=O) groups excluding carboxylic acids is 1. The van der Waals surface area contributed by atoms with Gasteiger partial charge in [-0.15, -0.1) is 16.8 Å². The molecule has 0 aliphatic heterocycles. The second kappa shape index (κ2) is 9.70. The second-order valence-corrected chi connectivity index (χ2v) is 8.83. The molecule has 0 saturated heterocycles. The predicted octanol–water partition coefficient (Wildman–Crippen LogP) is 2.19. The van der Waals surface area contributed by atoms with Gasteiger partial charge in [-0.05, 0) is 17.7 Å². The zero-order valence-electron chi connectivity index (χ0n) is 16.1. The van der Waals surface area contributed by atoms with E-state index in [0.29, 0.717) is 17.5 Å². The van der Waals surface area contributed by atoms with Gasteiger partial charge in [0.2, 0.25) is 15.9 Å². The van der Waals surface area contributed by atoms with E-state index in [4.69, 9.17) is 5.14 Å². The van der Waals surface area contributed by atoms with Gasteiger partial charge in [0, 0.05) is 18.7 Å². The van der Waals surface area contributed by atoms with Gasteiger partial charge >= 0.3 is 0 Å². The molecule has 10 heteroatoms. The Kier molecular flexibility index (Phi) is 7.03. The smallest absolute Gasteiger partial charge is 0.238 e. The van der Waals surface area contributed by atoms with E-state index in [1.165, 1.54) is 23.9 Å². The molecule has 1 amide bonds. The van der Waals surface area contributed by atoms with Crippen LogP contribution in [0, 0.1) is 0 Å². The van der Waals surface area contributed by atoms with Gasteiger partial charge in [-0.1, -0.05) is 60.3 Å². The molecule has 0 aliphatic carbocycles. The number of nitrogens with zero attached hydrogens (tertiary/aromatic N) is 3. The van der Waals surface area contributed by atoms with Gasteiger partial charge < -0.3 is 5.32 Å². The largest absolute Gasteiger partial charge is 0.351 e. The maximum Gasteiger partial charge on any atom is 0.238 e. The van der Waals surface area contributed by atoms with E-state index in [1.54, 1.807) is 18.2 Å². The molecular formula is C20H21N5O3S2. The molecule has 3 N–H and O–H groups in total. The van der Waals surface area contributed by atoms with Gasteiger partial charge in [-0.3, -0.25) is 9.36 Å². The highest BCUT2D eigenvalue weighted by Gasteiger charge is 2.15. The van der Waals surface area contributed by atoms with Crippen molar-refractivity contribution >= 4 is 27.7 Å². The lowest BCUT2D eigenvalue weighted by atomic mass is 10.2. The normalized spacial score (nSPS) is 11.2. The summed E-state index contributed by atoms with van der Waals surface area (Å²) in [6.07, 6.45) is 1.76. The van der Waals surface area contributed by atoms with Gasteiger partial charge in [0.1, 0.15) is 0 Å². The molecule has 0 bridgehead atoms. The third-order valence-electron chi connectivity index (χ3n) is 4.13. The highest BCUT2D eigenvalue weighted by Crippen LogP contribution is 2.23. The highest BCUT2D eigenvalue weighted by molar-refractivity contribution is 7.99. The number of hydrogen-bond acceptors (Lipinski definition) is 6. The number of primary sulfonamides is 1. The number of aromatic nitrogens is 3. The van der Waals surface area contributed by atoms with Crippen LogP contribution in [-0.2, 0) is 27.9 Å². The minimum absolute atomic E-state index is 0.0314. The van der Waals surface area contributed by atoms with Crippen molar-refractivity contribution in [1.29, 1.82) is 0 Å². The van der Waals surface area contributed by atoms with E-state index >= 15 is 0 Å². The average Bonchev–Trinajstić information content (AvgIpc) is 3.14. The van der Waals surface area contributed by atoms with Crippen molar-refractivity contribution < 1.29 is 13.2 Å². The summed E-state index contributed by atoms with van der Waals surface area (Å²) in [7, 11) is -3.73. The Labute approximate surface area is 179 Å². The lowest BCUT2D eigenvalue weighted by Gasteiger charge is -2.08. The molecule has 8 nitrogen and oxygen atoms in total. The average molecular weight is 444 g/mol. The Morgan fingerprint density at radius 3 is 2.47 bits per heavy atom. The predicted molar refractivity (Wildman–Crippen MR) is 116 cm³/mol. The van der Waals surface area contributed by atoms with Crippen LogP contribution in [0.25, 0.3) is 11.4 Å². The van der Waals surface area contributed by atoms with Crippen molar-refractivity contribution in [3.05, 3.63) is 72.8 Å². The highest BCUT2D eigenvalue weighted by atomic mass is 32.2. The zero-order chi connectivity index (χ0) is 21.6. The quantitative estimate of drug-likeness (QED) is 0.386. The molecule has 0 aliphatic rings. The molecule has 0 unspecified atom stereocenters. The Balaban J connectivity index is 1.59. The fourth-order valence-electron chi connectivity index (χ4n) is 2.67. The number of nitrogens with two attached hydrogens (primary N) is 1. The lowest BCUT2D eigenvalue weighted by molar-refractivity contribution is -0.118. The third kappa shape index (κ3) is 5.56. The van der Waals surface area contributed by atoms with Crippen molar-refractivity contribution in [2.24, 2.45) is 5.14 Å². The van der Waals surface area contributed by atoms with Crippen molar-refractivity contribution in [1.82, 2.24) is 20.1 Å². The minimum atomic E-state index is -3.73. The molecular weight excluding hydrogens is 422 g/mol. The fourth-order valence-corrected chi connectivity index (χ4v) is 3.96. The molecule has 0 radical (unpaired) electrons. The van der Waals surface area contributed by atoms with Crippen LogP contribution in [0.15, 0.2) is 77.3 Å². The van der Waals surface area contributed by atoms with E-state index in [2.05, 4.69) is 22.1 Å². The summed E-state index contributed by atoms with van der Waals surface area (Å²) in [5.74, 6) is 0.706. The number of carbonyl (C=O) groups is 1. The molecule has 0 spiro atoms. The molecule has 2 aromatic carbocycles. The molecule has 0 saturated carbocycles. The number of hydrogen-bond donors (Lipinski definition) is 2. The van der Waals surface area contributed by atoms with Crippen LogP contribution in [0.3, 0.4) is 0 Å². The number of rotatable bonds is 9. The summed E-state index contributed by atoms with van der Waals surface area (Å²) in [6, 6.07) is 15.7. The van der Waals surface area contributed by atoms with Crippen LogP contribution in [0.2, 0.25) is 0 Å². The Bertz CT molecular complexity index is 1130. The first kappa shape index (κ1) is 21.8. The maximum absolute atomic E-state index is 12.2. The van der Waals surface area contributed by atoms with Gasteiger partial charge in [-0.25, -0.2) is 13.6 Å². The Morgan fingerprint density at radius 2 is 1.83 bits per heavy atom. The molecule has 0 atom stereocenters. The Hall–Kier alpha value is -2.95. The van der Waals surface area contributed by atoms with Gasteiger partial charge in [0.25, 0.3) is 0 Å². The van der Waals surface area contributed by atoms with Crippen LogP contribution in [0.5, 0.6) is 0 Å². The topological polar surface area (TPSA) is 120 Å². The summed E-state index contributed by atoms with van der Waals surface area (Å²) in [4.78, 5) is 12.3. The van der Waals surface area contributed by atoms with E-state index < -0.39 is 10.0 Å². The number of allylic oxidation sites excluding steroid dienone is 1. The van der Waals surface area contributed by atoms with E-state index in [9.17, 15) is 13.2 Å². The van der Waals surface area contributed by atoms with Crippen molar-refractivity contribution in [2.45, 2.75) is 23.1 Å². The SMILES string of the molecule is C=CCn1c(SCC(=O)NCc2ccc(S(N)(=O)=O)cc2)nnc1-c1ccccc1. The molecule has 1 aromatic heterocycles. The van der Waals surface area contributed by atoms with Crippen LogP contribution in [-0.4, -0.2) is 34.8 Å². The van der Waals surface area contributed by atoms with Crippen molar-refractivity contribution in [3.8, 4) is 11.4 Å². The first-order valence-corrected chi connectivity index (χ1v) is 11.5. The third-order valence-corrected chi connectivity index (χ3v) is 6.03. The summed E-state index contributed by atoms with van der Waals surface area (Å²) >= 11 is 1.29. The van der Waals surface area contributed by atoms with Crippen molar-refractivity contribution in [3.63, 3.8) is 0 Å². The molecule has 1 heterocycles. The van der Waals surface area contributed by atoms with Gasteiger partial charge in [0.15, 0.2) is 11.0 Å². The molecule has 156 valence electrons. The molecule has 3 aromatic rings. The van der Waals surface area contributed by atoms with Crippen LogP contribution >= 0.6 is 11.8 Å². The minimum Gasteiger partial charge on any atom is -0.351 e. The number of amides is 1. The Morgan fingerprint density at radius 1 is 1.13 bits per heavy atom. The number of nitrogens with one attached hydrogen (secondary N) is 1. The molecule has 30 heavy (non-hydrogen) atoms. The van der Waals surface area contributed by atoms with Gasteiger partial charge in [0.05, 0.1) is 10.6 Å². The standard InChI is InChI=1S/C20H21N5O3S2/c1-2-12-25-19(16-6-4-3-5-7-16)23-24-20(25)29-14-18(26)22-13-15-8-10-17(11-9-15)30(21,27)28/h2-11H,1,12-14H2,(H,22,26)(H2,21,27,28).